The fourth-order valence-electron chi connectivity index (χ4n) is 4.95. The van der Waals surface area contributed by atoms with Gasteiger partial charge < -0.3 is 0 Å². The number of aryl methyl sites for hydroxylation is 3. The van der Waals surface area contributed by atoms with Gasteiger partial charge in [-0.2, -0.15) is 0 Å². The molecule has 36 heavy (non-hydrogen) atoms. The van der Waals surface area contributed by atoms with Gasteiger partial charge in [-0.05, 0) is 76.0 Å². The van der Waals surface area contributed by atoms with Gasteiger partial charge in [-0.3, -0.25) is 15.0 Å². The van der Waals surface area contributed by atoms with Crippen molar-refractivity contribution in [1.29, 1.82) is 0 Å². The van der Waals surface area contributed by atoms with Crippen molar-refractivity contribution < 1.29 is 22.8 Å². The number of halogens is 1. The van der Waals surface area contributed by atoms with Gasteiger partial charge in [0.2, 0.25) is 16.4 Å². The second kappa shape index (κ2) is 11.7. The van der Waals surface area contributed by atoms with Crippen molar-refractivity contribution in [2.45, 2.75) is 71.3 Å². The van der Waals surface area contributed by atoms with Crippen molar-refractivity contribution in [2.75, 3.05) is 18.8 Å². The minimum Gasteiger partial charge on any atom is -0.286 e. The van der Waals surface area contributed by atoms with Gasteiger partial charge in [0.25, 0.3) is 0 Å². The first-order valence-electron chi connectivity index (χ1n) is 12.2. The molecule has 2 atom stereocenters. The summed E-state index contributed by atoms with van der Waals surface area (Å²) in [5, 5.41) is 10.7. The van der Waals surface area contributed by atoms with E-state index < -0.39 is 33.1 Å². The van der Waals surface area contributed by atoms with E-state index in [4.69, 9.17) is 0 Å². The van der Waals surface area contributed by atoms with Crippen LogP contribution in [0.15, 0.2) is 24.7 Å². The first kappa shape index (κ1) is 28.1. The Morgan fingerprint density at radius 1 is 1.22 bits per heavy atom. The Labute approximate surface area is 212 Å². The monoisotopic (exact) mass is 521 g/mol. The van der Waals surface area contributed by atoms with E-state index in [1.54, 1.807) is 6.92 Å². The molecular weight excluding hydrogens is 485 g/mol. The zero-order chi connectivity index (χ0) is 26.5. The first-order valence-corrected chi connectivity index (χ1v) is 13.9. The number of hydrogen-bond acceptors (Lipinski definition) is 7. The van der Waals surface area contributed by atoms with Crippen molar-refractivity contribution in [3.8, 4) is 0 Å². The zero-order valence-corrected chi connectivity index (χ0v) is 22.2. The van der Waals surface area contributed by atoms with Gasteiger partial charge in [0.05, 0.1) is 23.7 Å². The number of amides is 1. The van der Waals surface area contributed by atoms with E-state index in [0.717, 1.165) is 43.8 Å². The summed E-state index contributed by atoms with van der Waals surface area (Å²) in [6.45, 7) is 8.10. The lowest BCUT2D eigenvalue weighted by molar-refractivity contribution is -0.175. The maximum Gasteiger partial charge on any atom is 0.233 e. The zero-order valence-electron chi connectivity index (χ0n) is 21.4. The Kier molecular flexibility index (Phi) is 9.13. The highest BCUT2D eigenvalue weighted by atomic mass is 32.2. The summed E-state index contributed by atoms with van der Waals surface area (Å²) < 4.78 is 41.3. The van der Waals surface area contributed by atoms with E-state index in [9.17, 15) is 22.8 Å². The number of aromatic nitrogens is 3. The molecule has 1 amide bonds. The molecule has 0 spiro atoms. The molecule has 2 aromatic heterocycles. The molecule has 3 rings (SSSR count). The minimum atomic E-state index is -3.77. The SMILES string of the molecule is Cc1cc(CCC2CCN(S(=O)(=O)C[C@](C)(C[C@H](C)c3ncc(F)cn3)N(O)C=O)CC2)c(C)cn1. The summed E-state index contributed by atoms with van der Waals surface area (Å²) in [5.74, 6) is -0.717. The second-order valence-corrected chi connectivity index (χ2v) is 12.2. The van der Waals surface area contributed by atoms with E-state index in [-0.39, 0.29) is 12.8 Å². The Morgan fingerprint density at radius 3 is 2.47 bits per heavy atom. The molecule has 3 heterocycles. The summed E-state index contributed by atoms with van der Waals surface area (Å²) in [6.07, 6.45) is 7.69. The van der Waals surface area contributed by atoms with Crippen molar-refractivity contribution in [1.82, 2.24) is 24.3 Å². The molecular formula is C25H36FN5O4S. The van der Waals surface area contributed by atoms with E-state index in [1.807, 2.05) is 13.1 Å². The molecule has 198 valence electrons. The molecule has 0 aliphatic carbocycles. The van der Waals surface area contributed by atoms with Crippen LogP contribution in [-0.2, 0) is 21.2 Å². The molecule has 9 nitrogen and oxygen atoms in total. The Bertz CT molecular complexity index is 1140. The highest BCUT2D eigenvalue weighted by Gasteiger charge is 2.41. The van der Waals surface area contributed by atoms with Crippen LogP contribution in [0.4, 0.5) is 4.39 Å². The topological polar surface area (TPSA) is 117 Å². The number of carbonyl (C=O) groups is 1. The largest absolute Gasteiger partial charge is 0.286 e. The van der Waals surface area contributed by atoms with Gasteiger partial charge in [0.15, 0.2) is 5.82 Å². The third-order valence-electron chi connectivity index (χ3n) is 7.11. The average Bonchev–Trinajstić information content (AvgIpc) is 2.84. The van der Waals surface area contributed by atoms with Crippen LogP contribution < -0.4 is 0 Å². The van der Waals surface area contributed by atoms with E-state index >= 15 is 0 Å². The van der Waals surface area contributed by atoms with Crippen molar-refractivity contribution in [2.24, 2.45) is 5.92 Å². The summed E-state index contributed by atoms with van der Waals surface area (Å²) in [7, 11) is -3.77. The van der Waals surface area contributed by atoms with Crippen LogP contribution in [0.25, 0.3) is 0 Å². The molecule has 1 aliphatic heterocycles. The standard InChI is InChI=1S/C25H36FN5O4S/c1-18(24-28-14-23(26)15-29-24)12-25(4,31(33)17-32)16-36(34,35)30-9-7-21(8-10-30)5-6-22-11-20(3)27-13-19(22)2/h11,13-15,17-18,21,33H,5-10,12,16H2,1-4H3/t18-,25-/m0/s1. The molecule has 0 aromatic carbocycles. The van der Waals surface area contributed by atoms with Crippen LogP contribution in [0.3, 0.4) is 0 Å². The molecule has 1 saturated heterocycles. The maximum absolute atomic E-state index is 13.3. The molecule has 1 aliphatic rings. The van der Waals surface area contributed by atoms with E-state index in [1.165, 1.54) is 22.4 Å². The predicted molar refractivity (Wildman–Crippen MR) is 133 cm³/mol. The highest BCUT2D eigenvalue weighted by molar-refractivity contribution is 7.89. The number of carbonyl (C=O) groups excluding carboxylic acids is 1. The maximum atomic E-state index is 13.3. The van der Waals surface area contributed by atoms with Crippen LogP contribution in [0.1, 0.15) is 68.1 Å². The summed E-state index contributed by atoms with van der Waals surface area (Å²) in [5.41, 5.74) is 2.03. The lowest BCUT2D eigenvalue weighted by Gasteiger charge is -2.38. The highest BCUT2D eigenvalue weighted by Crippen LogP contribution is 2.31. The number of pyridine rings is 1. The molecule has 0 saturated carbocycles. The fourth-order valence-corrected chi connectivity index (χ4v) is 6.93. The number of sulfonamides is 1. The van der Waals surface area contributed by atoms with Crippen LogP contribution >= 0.6 is 0 Å². The predicted octanol–water partition coefficient (Wildman–Crippen LogP) is 3.40. The minimum absolute atomic E-state index is 0.0776. The van der Waals surface area contributed by atoms with Gasteiger partial charge >= 0.3 is 0 Å². The quantitative estimate of drug-likeness (QED) is 0.274. The van der Waals surface area contributed by atoms with Gasteiger partial charge in [-0.25, -0.2) is 32.1 Å². The second-order valence-electron chi connectivity index (χ2n) is 10.2. The van der Waals surface area contributed by atoms with Crippen molar-refractivity contribution in [3.05, 3.63) is 53.1 Å². The Morgan fingerprint density at radius 2 is 1.86 bits per heavy atom. The number of piperidine rings is 1. The Balaban J connectivity index is 1.62. The Hall–Kier alpha value is -2.50. The third kappa shape index (κ3) is 7.04. The molecule has 1 N–H and O–H groups in total. The summed E-state index contributed by atoms with van der Waals surface area (Å²) in [6, 6.07) is 2.11. The van der Waals surface area contributed by atoms with Crippen molar-refractivity contribution in [3.63, 3.8) is 0 Å². The molecule has 11 heteroatoms. The smallest absolute Gasteiger partial charge is 0.233 e. The number of rotatable bonds is 11. The van der Waals surface area contributed by atoms with Crippen LogP contribution in [-0.4, -0.2) is 68.7 Å². The average molecular weight is 522 g/mol. The van der Waals surface area contributed by atoms with Crippen LogP contribution in [0, 0.1) is 25.6 Å². The van der Waals surface area contributed by atoms with Crippen LogP contribution in [0.2, 0.25) is 0 Å². The molecule has 0 radical (unpaired) electrons. The van der Waals surface area contributed by atoms with E-state index in [2.05, 4.69) is 27.9 Å². The fraction of sp³-hybridized carbons (Fsp3) is 0.600. The molecule has 0 bridgehead atoms. The van der Waals surface area contributed by atoms with Gasteiger partial charge in [-0.1, -0.05) is 6.92 Å². The summed E-state index contributed by atoms with van der Waals surface area (Å²) in [4.78, 5) is 23.7. The third-order valence-corrected chi connectivity index (χ3v) is 9.25. The van der Waals surface area contributed by atoms with Crippen molar-refractivity contribution >= 4 is 16.4 Å². The van der Waals surface area contributed by atoms with Gasteiger partial charge in [-0.15, -0.1) is 0 Å². The lowest BCUT2D eigenvalue weighted by Crippen LogP contribution is -2.53. The molecule has 0 unspecified atom stereocenters. The number of hydroxylamine groups is 2. The number of nitrogens with zero attached hydrogens (tertiary/aromatic N) is 5. The summed E-state index contributed by atoms with van der Waals surface area (Å²) >= 11 is 0. The molecule has 2 aromatic rings. The van der Waals surface area contributed by atoms with Gasteiger partial charge in [0.1, 0.15) is 5.82 Å². The van der Waals surface area contributed by atoms with Gasteiger partial charge in [0, 0.05) is 30.9 Å². The first-order chi connectivity index (χ1) is 16.9. The van der Waals surface area contributed by atoms with E-state index in [0.29, 0.717) is 29.9 Å². The normalized spacial score (nSPS) is 17.9. The molecule has 1 fully saturated rings. The number of hydrogen-bond donors (Lipinski definition) is 1. The lowest BCUT2D eigenvalue weighted by atomic mass is 9.90. The van der Waals surface area contributed by atoms with Crippen LogP contribution in [0.5, 0.6) is 0 Å².